The summed E-state index contributed by atoms with van der Waals surface area (Å²) in [7, 11) is 0. The molecule has 0 atom stereocenters. The van der Waals surface area contributed by atoms with Crippen molar-refractivity contribution in [3.05, 3.63) is 51.2 Å². The SMILES string of the molecule is O=Cc1ccc(OCc2nc(Cl)c3c4c(sc3n2)CCCC4)cc1. The number of benzene rings is 1. The van der Waals surface area contributed by atoms with Crippen LogP contribution in [0.2, 0.25) is 5.15 Å². The Bertz CT molecular complexity index is 906. The minimum Gasteiger partial charge on any atom is -0.486 e. The molecule has 0 fully saturated rings. The largest absolute Gasteiger partial charge is 0.486 e. The highest BCUT2D eigenvalue weighted by atomic mass is 35.5. The first kappa shape index (κ1) is 15.5. The summed E-state index contributed by atoms with van der Waals surface area (Å²) in [5.41, 5.74) is 1.95. The molecule has 0 saturated heterocycles. The van der Waals surface area contributed by atoms with Crippen LogP contribution in [-0.4, -0.2) is 16.3 Å². The highest BCUT2D eigenvalue weighted by Crippen LogP contribution is 2.38. The highest BCUT2D eigenvalue weighted by molar-refractivity contribution is 7.19. The zero-order valence-corrected chi connectivity index (χ0v) is 14.5. The Morgan fingerprint density at radius 3 is 2.75 bits per heavy atom. The number of rotatable bonds is 4. The summed E-state index contributed by atoms with van der Waals surface area (Å²) in [6, 6.07) is 6.95. The minimum absolute atomic E-state index is 0.249. The highest BCUT2D eigenvalue weighted by Gasteiger charge is 2.20. The van der Waals surface area contributed by atoms with Gasteiger partial charge in [-0.3, -0.25) is 4.79 Å². The van der Waals surface area contributed by atoms with Gasteiger partial charge in [0.15, 0.2) is 5.82 Å². The summed E-state index contributed by atoms with van der Waals surface area (Å²) >= 11 is 8.15. The zero-order valence-electron chi connectivity index (χ0n) is 12.9. The molecule has 0 amide bonds. The number of ether oxygens (including phenoxy) is 1. The lowest BCUT2D eigenvalue weighted by atomic mass is 9.97. The topological polar surface area (TPSA) is 52.1 Å². The first-order valence-electron chi connectivity index (χ1n) is 7.89. The number of halogens is 1. The van der Waals surface area contributed by atoms with Crippen LogP contribution in [0.25, 0.3) is 10.2 Å². The normalized spacial score (nSPS) is 13.7. The molecule has 0 bridgehead atoms. The van der Waals surface area contributed by atoms with Crippen LogP contribution in [0.3, 0.4) is 0 Å². The second kappa shape index (κ2) is 6.49. The lowest BCUT2D eigenvalue weighted by Crippen LogP contribution is -2.03. The second-order valence-electron chi connectivity index (χ2n) is 5.80. The fourth-order valence-corrected chi connectivity index (χ4v) is 4.65. The van der Waals surface area contributed by atoms with E-state index in [9.17, 15) is 4.79 Å². The Kier molecular flexibility index (Phi) is 4.21. The van der Waals surface area contributed by atoms with Crippen molar-refractivity contribution in [3.63, 3.8) is 0 Å². The van der Waals surface area contributed by atoms with E-state index in [1.165, 1.54) is 23.3 Å². The van der Waals surface area contributed by atoms with E-state index in [-0.39, 0.29) is 6.61 Å². The number of hydrogen-bond acceptors (Lipinski definition) is 5. The van der Waals surface area contributed by atoms with Crippen LogP contribution in [0, 0.1) is 0 Å². The standard InChI is InChI=1S/C18H15ClN2O2S/c19-17-16-13-3-1-2-4-14(13)24-18(16)21-15(20-17)10-23-12-7-5-11(9-22)6-8-12/h5-9H,1-4,10H2. The number of carbonyl (C=O) groups excluding carboxylic acids is 1. The van der Waals surface area contributed by atoms with Gasteiger partial charge in [0.1, 0.15) is 28.6 Å². The van der Waals surface area contributed by atoms with Crippen molar-refractivity contribution in [2.45, 2.75) is 32.3 Å². The second-order valence-corrected chi connectivity index (χ2v) is 7.24. The molecule has 1 aliphatic carbocycles. The number of carbonyl (C=O) groups is 1. The molecule has 2 heterocycles. The van der Waals surface area contributed by atoms with Crippen molar-refractivity contribution in [2.24, 2.45) is 0 Å². The van der Waals surface area contributed by atoms with E-state index in [4.69, 9.17) is 16.3 Å². The van der Waals surface area contributed by atoms with E-state index in [0.717, 1.165) is 29.3 Å². The number of fused-ring (bicyclic) bond motifs is 3. The van der Waals surface area contributed by atoms with Gasteiger partial charge in [-0.15, -0.1) is 11.3 Å². The number of hydrogen-bond donors (Lipinski definition) is 0. The van der Waals surface area contributed by atoms with E-state index >= 15 is 0 Å². The van der Waals surface area contributed by atoms with E-state index in [0.29, 0.717) is 22.3 Å². The molecule has 0 aliphatic heterocycles. The molecular weight excluding hydrogens is 344 g/mol. The molecule has 6 heteroatoms. The zero-order chi connectivity index (χ0) is 16.5. The third-order valence-corrected chi connectivity index (χ3v) is 5.66. The molecule has 0 radical (unpaired) electrons. The molecule has 122 valence electrons. The lowest BCUT2D eigenvalue weighted by molar-refractivity contribution is 0.112. The molecule has 2 aromatic heterocycles. The Labute approximate surface area is 148 Å². The number of aromatic nitrogens is 2. The molecule has 0 N–H and O–H groups in total. The van der Waals surface area contributed by atoms with Gasteiger partial charge in [-0.05, 0) is 55.5 Å². The average molecular weight is 359 g/mol. The van der Waals surface area contributed by atoms with Gasteiger partial charge in [0.25, 0.3) is 0 Å². The van der Waals surface area contributed by atoms with Gasteiger partial charge in [0.2, 0.25) is 0 Å². The molecule has 3 aromatic rings. The maximum atomic E-state index is 10.7. The smallest absolute Gasteiger partial charge is 0.169 e. The minimum atomic E-state index is 0.249. The van der Waals surface area contributed by atoms with Crippen LogP contribution in [-0.2, 0) is 19.4 Å². The quantitative estimate of drug-likeness (QED) is 0.504. The van der Waals surface area contributed by atoms with Crippen LogP contribution in [0.5, 0.6) is 5.75 Å². The van der Waals surface area contributed by atoms with Gasteiger partial charge in [0.05, 0.1) is 5.39 Å². The van der Waals surface area contributed by atoms with E-state index in [1.807, 2.05) is 0 Å². The molecule has 0 spiro atoms. The summed E-state index contributed by atoms with van der Waals surface area (Å²) in [5.74, 6) is 1.25. The fraction of sp³-hybridized carbons (Fsp3) is 0.278. The molecule has 4 nitrogen and oxygen atoms in total. The van der Waals surface area contributed by atoms with Gasteiger partial charge in [-0.1, -0.05) is 11.6 Å². The summed E-state index contributed by atoms with van der Waals surface area (Å²) in [5, 5.41) is 1.55. The average Bonchev–Trinajstić information content (AvgIpc) is 2.99. The van der Waals surface area contributed by atoms with Crippen molar-refractivity contribution >= 4 is 39.4 Å². The van der Waals surface area contributed by atoms with Crippen LogP contribution < -0.4 is 4.74 Å². The molecule has 0 unspecified atom stereocenters. The molecule has 1 aliphatic rings. The predicted octanol–water partition coefficient (Wildman–Crippen LogP) is 4.62. The summed E-state index contributed by atoms with van der Waals surface area (Å²) in [6.07, 6.45) is 5.42. The van der Waals surface area contributed by atoms with Crippen molar-refractivity contribution in [1.29, 1.82) is 0 Å². The van der Waals surface area contributed by atoms with Crippen LogP contribution in [0.15, 0.2) is 24.3 Å². The van der Waals surface area contributed by atoms with Crippen molar-refractivity contribution < 1.29 is 9.53 Å². The third kappa shape index (κ3) is 2.89. The van der Waals surface area contributed by atoms with Crippen molar-refractivity contribution in [3.8, 4) is 5.75 Å². The van der Waals surface area contributed by atoms with E-state index in [1.54, 1.807) is 35.6 Å². The number of aldehydes is 1. The Hall–Kier alpha value is -1.98. The molecule has 0 saturated carbocycles. The number of thiophene rings is 1. The first-order valence-corrected chi connectivity index (χ1v) is 9.09. The first-order chi connectivity index (χ1) is 11.7. The third-order valence-electron chi connectivity index (χ3n) is 4.20. The van der Waals surface area contributed by atoms with Gasteiger partial charge in [-0.25, -0.2) is 9.97 Å². The number of nitrogens with zero attached hydrogens (tertiary/aromatic N) is 2. The van der Waals surface area contributed by atoms with Crippen molar-refractivity contribution in [1.82, 2.24) is 9.97 Å². The fourth-order valence-electron chi connectivity index (χ4n) is 3.01. The summed E-state index contributed by atoms with van der Waals surface area (Å²) in [6.45, 7) is 0.249. The number of aryl methyl sites for hydroxylation is 2. The monoisotopic (exact) mass is 358 g/mol. The predicted molar refractivity (Wildman–Crippen MR) is 95.2 cm³/mol. The van der Waals surface area contributed by atoms with E-state index in [2.05, 4.69) is 9.97 Å². The van der Waals surface area contributed by atoms with Crippen LogP contribution in [0.4, 0.5) is 0 Å². The summed E-state index contributed by atoms with van der Waals surface area (Å²) in [4.78, 5) is 22.1. The van der Waals surface area contributed by atoms with Gasteiger partial charge in [0, 0.05) is 10.4 Å². The maximum absolute atomic E-state index is 10.7. The van der Waals surface area contributed by atoms with Gasteiger partial charge in [-0.2, -0.15) is 0 Å². The molecule has 24 heavy (non-hydrogen) atoms. The van der Waals surface area contributed by atoms with Gasteiger partial charge < -0.3 is 4.74 Å². The van der Waals surface area contributed by atoms with Crippen LogP contribution >= 0.6 is 22.9 Å². The van der Waals surface area contributed by atoms with Crippen LogP contribution in [0.1, 0.15) is 39.5 Å². The molecular formula is C18H15ClN2O2S. The Balaban J connectivity index is 1.59. The van der Waals surface area contributed by atoms with E-state index < -0.39 is 0 Å². The summed E-state index contributed by atoms with van der Waals surface area (Å²) < 4.78 is 5.70. The van der Waals surface area contributed by atoms with Crippen molar-refractivity contribution in [2.75, 3.05) is 0 Å². The van der Waals surface area contributed by atoms with Gasteiger partial charge >= 0.3 is 0 Å². The lowest BCUT2D eigenvalue weighted by Gasteiger charge is -2.10. The molecule has 1 aromatic carbocycles. The Morgan fingerprint density at radius 1 is 1.17 bits per heavy atom. The Morgan fingerprint density at radius 2 is 1.96 bits per heavy atom. The molecule has 4 rings (SSSR count). The maximum Gasteiger partial charge on any atom is 0.169 e.